The van der Waals surface area contributed by atoms with Gasteiger partial charge in [-0.1, -0.05) is 6.07 Å². The van der Waals surface area contributed by atoms with Gasteiger partial charge in [0.05, 0.1) is 6.54 Å². The molecule has 2 N–H and O–H groups in total. The van der Waals surface area contributed by atoms with Gasteiger partial charge in [0.25, 0.3) is 5.91 Å². The molecule has 1 amide bonds. The average molecular weight is 318 g/mol. The van der Waals surface area contributed by atoms with E-state index >= 15 is 0 Å². The van der Waals surface area contributed by atoms with E-state index in [1.54, 1.807) is 11.3 Å². The quantitative estimate of drug-likeness (QED) is 0.842. The Balaban J connectivity index is 1.50. The molecule has 3 rings (SSSR count). The highest BCUT2D eigenvalue weighted by atomic mass is 32.1. The lowest BCUT2D eigenvalue weighted by Gasteiger charge is -2.27. The number of nitrogens with zero attached hydrogens (tertiary/aromatic N) is 2. The Hall–Kier alpha value is -1.63. The van der Waals surface area contributed by atoms with Crippen LogP contribution < -0.4 is 10.6 Å². The van der Waals surface area contributed by atoms with Crippen molar-refractivity contribution in [2.24, 2.45) is 0 Å². The van der Waals surface area contributed by atoms with Crippen LogP contribution in [0.15, 0.2) is 35.8 Å². The Morgan fingerprint density at radius 1 is 1.27 bits per heavy atom. The topological polar surface area (TPSA) is 49.3 Å². The zero-order valence-corrected chi connectivity index (χ0v) is 13.4. The van der Waals surface area contributed by atoms with Crippen molar-refractivity contribution >= 4 is 17.2 Å². The second-order valence-electron chi connectivity index (χ2n) is 5.45. The summed E-state index contributed by atoms with van der Waals surface area (Å²) in [4.78, 5) is 16.0. The summed E-state index contributed by atoms with van der Waals surface area (Å²) in [5.74, 6) is 0.0108. The van der Waals surface area contributed by atoms with Crippen molar-refractivity contribution in [1.82, 2.24) is 20.1 Å². The Bertz CT molecular complexity index is 587. The fourth-order valence-electron chi connectivity index (χ4n) is 2.68. The number of carbonyl (C=O) groups is 1. The van der Waals surface area contributed by atoms with Crippen LogP contribution in [0.25, 0.3) is 0 Å². The van der Waals surface area contributed by atoms with Crippen LogP contribution in [0.2, 0.25) is 0 Å². The lowest BCUT2D eigenvalue weighted by atomic mass is 10.3. The SMILES string of the molecule is O=C(NCCN1CCNCC1)c1cccn1Cc1cccs1. The van der Waals surface area contributed by atoms with Crippen LogP contribution in [0.3, 0.4) is 0 Å². The van der Waals surface area contributed by atoms with Gasteiger partial charge in [-0.25, -0.2) is 0 Å². The summed E-state index contributed by atoms with van der Waals surface area (Å²) >= 11 is 1.71. The van der Waals surface area contributed by atoms with Gasteiger partial charge in [-0.2, -0.15) is 0 Å². The minimum absolute atomic E-state index is 0.0108. The number of nitrogens with one attached hydrogen (secondary N) is 2. The van der Waals surface area contributed by atoms with Crippen LogP contribution in [0.4, 0.5) is 0 Å². The Labute approximate surface area is 134 Å². The van der Waals surface area contributed by atoms with Crippen molar-refractivity contribution < 1.29 is 4.79 Å². The number of piperazine rings is 1. The van der Waals surface area contributed by atoms with E-state index in [1.807, 2.05) is 29.0 Å². The maximum Gasteiger partial charge on any atom is 0.267 e. The van der Waals surface area contributed by atoms with Crippen molar-refractivity contribution in [2.75, 3.05) is 39.3 Å². The molecule has 0 radical (unpaired) electrons. The lowest BCUT2D eigenvalue weighted by Crippen LogP contribution is -2.46. The zero-order valence-electron chi connectivity index (χ0n) is 12.6. The van der Waals surface area contributed by atoms with Crippen LogP contribution >= 0.6 is 11.3 Å². The second-order valence-corrected chi connectivity index (χ2v) is 6.48. The third kappa shape index (κ3) is 3.97. The number of hydrogen-bond donors (Lipinski definition) is 2. The van der Waals surface area contributed by atoms with E-state index < -0.39 is 0 Å². The van der Waals surface area contributed by atoms with E-state index in [0.717, 1.165) is 45.0 Å². The molecule has 0 atom stereocenters. The summed E-state index contributed by atoms with van der Waals surface area (Å²) in [6.07, 6.45) is 1.96. The molecule has 3 heterocycles. The maximum absolute atomic E-state index is 12.3. The number of thiophene rings is 1. The van der Waals surface area contributed by atoms with Crippen molar-refractivity contribution in [3.63, 3.8) is 0 Å². The molecular formula is C16H22N4OS. The lowest BCUT2D eigenvalue weighted by molar-refractivity contribution is 0.0938. The minimum atomic E-state index is 0.0108. The van der Waals surface area contributed by atoms with Crippen LogP contribution in [0, 0.1) is 0 Å². The molecule has 1 saturated heterocycles. The fourth-order valence-corrected chi connectivity index (χ4v) is 3.38. The van der Waals surface area contributed by atoms with Crippen LogP contribution in [-0.4, -0.2) is 54.6 Å². The first-order valence-electron chi connectivity index (χ1n) is 7.72. The van der Waals surface area contributed by atoms with Gasteiger partial charge >= 0.3 is 0 Å². The first-order chi connectivity index (χ1) is 10.8. The summed E-state index contributed by atoms with van der Waals surface area (Å²) in [5.41, 5.74) is 0.730. The summed E-state index contributed by atoms with van der Waals surface area (Å²) in [7, 11) is 0. The smallest absolute Gasteiger partial charge is 0.267 e. The molecule has 1 aliphatic rings. The van der Waals surface area contributed by atoms with Crippen molar-refractivity contribution in [3.8, 4) is 0 Å². The Morgan fingerprint density at radius 2 is 2.14 bits per heavy atom. The number of carbonyl (C=O) groups excluding carboxylic acids is 1. The molecule has 118 valence electrons. The normalized spacial score (nSPS) is 15.8. The van der Waals surface area contributed by atoms with E-state index in [1.165, 1.54) is 4.88 Å². The first-order valence-corrected chi connectivity index (χ1v) is 8.60. The predicted molar refractivity (Wildman–Crippen MR) is 89.5 cm³/mol. The van der Waals surface area contributed by atoms with Gasteiger partial charge in [0.15, 0.2) is 0 Å². The Morgan fingerprint density at radius 3 is 2.91 bits per heavy atom. The summed E-state index contributed by atoms with van der Waals surface area (Å²) in [6.45, 7) is 6.57. The first kappa shape index (κ1) is 15.3. The third-order valence-electron chi connectivity index (χ3n) is 3.89. The van der Waals surface area contributed by atoms with E-state index in [9.17, 15) is 4.79 Å². The van der Waals surface area contributed by atoms with Crippen molar-refractivity contribution in [1.29, 1.82) is 0 Å². The molecule has 1 fully saturated rings. The number of hydrogen-bond acceptors (Lipinski definition) is 4. The highest BCUT2D eigenvalue weighted by molar-refractivity contribution is 7.09. The molecule has 2 aromatic rings. The predicted octanol–water partition coefficient (Wildman–Crippen LogP) is 1.23. The largest absolute Gasteiger partial charge is 0.349 e. The molecule has 2 aromatic heterocycles. The highest BCUT2D eigenvalue weighted by Gasteiger charge is 2.13. The van der Waals surface area contributed by atoms with E-state index in [2.05, 4.69) is 27.0 Å². The van der Waals surface area contributed by atoms with Crippen LogP contribution in [0.5, 0.6) is 0 Å². The van der Waals surface area contributed by atoms with E-state index in [4.69, 9.17) is 0 Å². The molecular weight excluding hydrogens is 296 g/mol. The van der Waals surface area contributed by atoms with Gasteiger partial charge in [0.2, 0.25) is 0 Å². The van der Waals surface area contributed by atoms with Crippen LogP contribution in [-0.2, 0) is 6.54 Å². The zero-order chi connectivity index (χ0) is 15.2. The maximum atomic E-state index is 12.3. The molecule has 5 nitrogen and oxygen atoms in total. The monoisotopic (exact) mass is 318 g/mol. The van der Waals surface area contributed by atoms with Crippen molar-refractivity contribution in [2.45, 2.75) is 6.54 Å². The second kappa shape index (κ2) is 7.58. The molecule has 0 spiro atoms. The van der Waals surface area contributed by atoms with Gasteiger partial charge in [-0.05, 0) is 23.6 Å². The molecule has 0 aliphatic carbocycles. The van der Waals surface area contributed by atoms with Gasteiger partial charge < -0.3 is 15.2 Å². The van der Waals surface area contributed by atoms with E-state index in [-0.39, 0.29) is 5.91 Å². The average Bonchev–Trinajstić information content (AvgIpc) is 3.20. The summed E-state index contributed by atoms with van der Waals surface area (Å²) in [6, 6.07) is 7.94. The van der Waals surface area contributed by atoms with Gasteiger partial charge in [0.1, 0.15) is 5.69 Å². The van der Waals surface area contributed by atoms with Gasteiger partial charge in [-0.3, -0.25) is 9.69 Å². The minimum Gasteiger partial charge on any atom is -0.349 e. The van der Waals surface area contributed by atoms with E-state index in [0.29, 0.717) is 6.54 Å². The molecule has 0 bridgehead atoms. The van der Waals surface area contributed by atoms with Crippen LogP contribution in [0.1, 0.15) is 15.4 Å². The number of amides is 1. The molecule has 22 heavy (non-hydrogen) atoms. The van der Waals surface area contributed by atoms with Crippen molar-refractivity contribution in [3.05, 3.63) is 46.4 Å². The molecule has 6 heteroatoms. The molecule has 0 unspecified atom stereocenters. The third-order valence-corrected chi connectivity index (χ3v) is 4.75. The van der Waals surface area contributed by atoms with Gasteiger partial charge in [-0.15, -0.1) is 11.3 Å². The standard InChI is InChI=1S/C16H22N4OS/c21-16(18-7-11-19-9-5-17-6-10-19)15-4-1-8-20(15)13-14-3-2-12-22-14/h1-4,8,12,17H,5-7,9-11,13H2,(H,18,21). The summed E-state index contributed by atoms with van der Waals surface area (Å²) < 4.78 is 2.01. The highest BCUT2D eigenvalue weighted by Crippen LogP contribution is 2.13. The number of aromatic nitrogens is 1. The fraction of sp³-hybridized carbons (Fsp3) is 0.438. The molecule has 0 saturated carbocycles. The number of rotatable bonds is 6. The molecule has 0 aromatic carbocycles. The Kier molecular flexibility index (Phi) is 5.26. The summed E-state index contributed by atoms with van der Waals surface area (Å²) in [5, 5.41) is 8.43. The molecule has 1 aliphatic heterocycles. The van der Waals surface area contributed by atoms with Gasteiger partial charge in [0, 0.05) is 50.3 Å².